The van der Waals surface area contributed by atoms with Gasteiger partial charge in [0.05, 0.1) is 17.7 Å². The fourth-order valence-electron chi connectivity index (χ4n) is 2.43. The van der Waals surface area contributed by atoms with Crippen molar-refractivity contribution < 1.29 is 14.3 Å². The van der Waals surface area contributed by atoms with Gasteiger partial charge in [0.15, 0.2) is 5.13 Å². The van der Waals surface area contributed by atoms with Crippen molar-refractivity contribution in [3.63, 3.8) is 0 Å². The van der Waals surface area contributed by atoms with Crippen molar-refractivity contribution in [2.24, 2.45) is 0 Å². The van der Waals surface area contributed by atoms with Crippen LogP contribution in [0.25, 0.3) is 6.08 Å². The van der Waals surface area contributed by atoms with Crippen molar-refractivity contribution in [1.82, 2.24) is 9.88 Å². The van der Waals surface area contributed by atoms with Crippen molar-refractivity contribution in [2.75, 3.05) is 19.0 Å². The van der Waals surface area contributed by atoms with Gasteiger partial charge in [0.2, 0.25) is 5.91 Å². The standard InChI is InChI=1S/C18H17N3O3S3/c1-11-10-26-17(19-11)20-15(22)7-8-21-16(23)14(27-18(21)25)9-12-5-3-4-6-13(12)24-2/h3-6,9-10H,7-8H2,1-2H3,(H,19,20,22)/b14-9-. The summed E-state index contributed by atoms with van der Waals surface area (Å²) in [6.45, 7) is 2.09. The summed E-state index contributed by atoms with van der Waals surface area (Å²) in [6.07, 6.45) is 1.91. The highest BCUT2D eigenvalue weighted by molar-refractivity contribution is 8.26. The zero-order valence-corrected chi connectivity index (χ0v) is 17.2. The molecule has 0 unspecified atom stereocenters. The summed E-state index contributed by atoms with van der Waals surface area (Å²) in [5.74, 6) is 0.279. The lowest BCUT2D eigenvalue weighted by Gasteiger charge is -2.13. The van der Waals surface area contributed by atoms with Crippen LogP contribution in [0.2, 0.25) is 0 Å². The molecular formula is C18H17N3O3S3. The maximum absolute atomic E-state index is 12.7. The minimum atomic E-state index is -0.202. The van der Waals surface area contributed by atoms with E-state index < -0.39 is 0 Å². The van der Waals surface area contributed by atoms with E-state index in [-0.39, 0.29) is 24.8 Å². The third kappa shape index (κ3) is 4.74. The van der Waals surface area contributed by atoms with Crippen LogP contribution in [0.15, 0.2) is 34.6 Å². The number of nitrogens with one attached hydrogen (secondary N) is 1. The Morgan fingerprint density at radius 1 is 1.41 bits per heavy atom. The van der Waals surface area contributed by atoms with Crippen LogP contribution in [0.3, 0.4) is 0 Å². The van der Waals surface area contributed by atoms with E-state index in [4.69, 9.17) is 17.0 Å². The second kappa shape index (κ2) is 8.64. The van der Waals surface area contributed by atoms with Gasteiger partial charge in [-0.05, 0) is 19.1 Å². The van der Waals surface area contributed by atoms with Crippen LogP contribution in [0.1, 0.15) is 17.7 Å². The number of benzene rings is 1. The molecule has 1 aromatic carbocycles. The van der Waals surface area contributed by atoms with E-state index in [1.165, 1.54) is 28.0 Å². The van der Waals surface area contributed by atoms with Gasteiger partial charge in [-0.25, -0.2) is 4.98 Å². The van der Waals surface area contributed by atoms with E-state index in [1.807, 2.05) is 36.6 Å². The predicted molar refractivity (Wildman–Crippen MR) is 113 cm³/mol. The first kappa shape index (κ1) is 19.5. The third-order valence-corrected chi connectivity index (χ3v) is 5.98. The molecule has 140 valence electrons. The number of carbonyl (C=O) groups is 2. The molecule has 1 aromatic heterocycles. The minimum Gasteiger partial charge on any atom is -0.496 e. The first-order valence-corrected chi connectivity index (χ1v) is 10.2. The smallest absolute Gasteiger partial charge is 0.266 e. The summed E-state index contributed by atoms with van der Waals surface area (Å²) in [7, 11) is 1.58. The second-order valence-corrected chi connectivity index (χ2v) is 8.20. The van der Waals surface area contributed by atoms with Crippen LogP contribution < -0.4 is 10.1 Å². The van der Waals surface area contributed by atoms with Gasteiger partial charge in [-0.1, -0.05) is 42.2 Å². The number of carbonyl (C=O) groups excluding carboxylic acids is 2. The largest absolute Gasteiger partial charge is 0.496 e. The van der Waals surface area contributed by atoms with Crippen molar-refractivity contribution >= 4 is 62.7 Å². The number of aryl methyl sites for hydroxylation is 1. The van der Waals surface area contributed by atoms with Crippen LogP contribution in [0.5, 0.6) is 5.75 Å². The number of aromatic nitrogens is 1. The molecule has 0 spiro atoms. The summed E-state index contributed by atoms with van der Waals surface area (Å²) in [4.78, 5) is 30.9. The number of para-hydroxylation sites is 1. The molecule has 2 aromatic rings. The number of hydrogen-bond acceptors (Lipinski definition) is 7. The number of rotatable bonds is 6. The highest BCUT2D eigenvalue weighted by Crippen LogP contribution is 2.34. The number of methoxy groups -OCH3 is 1. The first-order valence-electron chi connectivity index (χ1n) is 8.08. The molecule has 1 aliphatic heterocycles. The molecule has 0 radical (unpaired) electrons. The van der Waals surface area contributed by atoms with E-state index in [0.29, 0.717) is 20.1 Å². The molecule has 0 saturated carbocycles. The first-order chi connectivity index (χ1) is 13.0. The summed E-state index contributed by atoms with van der Waals surface area (Å²) >= 11 is 7.90. The third-order valence-electron chi connectivity index (χ3n) is 3.73. The quantitative estimate of drug-likeness (QED) is 0.569. The lowest BCUT2D eigenvalue weighted by Crippen LogP contribution is -2.31. The zero-order valence-electron chi connectivity index (χ0n) is 14.7. The highest BCUT2D eigenvalue weighted by Gasteiger charge is 2.32. The van der Waals surface area contributed by atoms with E-state index in [0.717, 1.165) is 11.3 Å². The van der Waals surface area contributed by atoms with Crippen molar-refractivity contribution in [2.45, 2.75) is 13.3 Å². The predicted octanol–water partition coefficient (Wildman–Crippen LogP) is 3.69. The van der Waals surface area contributed by atoms with Crippen molar-refractivity contribution in [1.29, 1.82) is 0 Å². The number of hydrogen-bond donors (Lipinski definition) is 1. The van der Waals surface area contributed by atoms with Gasteiger partial charge >= 0.3 is 0 Å². The van der Waals surface area contributed by atoms with Gasteiger partial charge in [-0.2, -0.15) is 0 Å². The number of thiocarbonyl (C=S) groups is 1. The molecule has 1 saturated heterocycles. The number of anilines is 1. The Morgan fingerprint density at radius 2 is 2.19 bits per heavy atom. The SMILES string of the molecule is COc1ccccc1/C=C1\SC(=S)N(CCC(=O)Nc2nc(C)cs2)C1=O. The molecule has 1 fully saturated rings. The van der Waals surface area contributed by atoms with E-state index >= 15 is 0 Å². The number of ether oxygens (including phenoxy) is 1. The molecule has 2 amide bonds. The van der Waals surface area contributed by atoms with Gasteiger partial charge in [0.25, 0.3) is 5.91 Å². The monoisotopic (exact) mass is 419 g/mol. The van der Waals surface area contributed by atoms with Gasteiger partial charge in [0.1, 0.15) is 10.1 Å². The lowest BCUT2D eigenvalue weighted by molar-refractivity contribution is -0.122. The Bertz CT molecular complexity index is 923. The maximum Gasteiger partial charge on any atom is 0.266 e. The number of nitrogens with zero attached hydrogens (tertiary/aromatic N) is 2. The molecule has 6 nitrogen and oxygen atoms in total. The highest BCUT2D eigenvalue weighted by atomic mass is 32.2. The Hall–Kier alpha value is -2.23. The molecule has 1 N–H and O–H groups in total. The molecule has 1 aliphatic rings. The van der Waals surface area contributed by atoms with Crippen LogP contribution >= 0.6 is 35.3 Å². The van der Waals surface area contributed by atoms with Gasteiger partial charge in [-0.15, -0.1) is 11.3 Å². The average Bonchev–Trinajstić information content (AvgIpc) is 3.16. The average molecular weight is 420 g/mol. The molecule has 9 heteroatoms. The molecule has 27 heavy (non-hydrogen) atoms. The Morgan fingerprint density at radius 3 is 2.89 bits per heavy atom. The summed E-state index contributed by atoms with van der Waals surface area (Å²) in [5, 5.41) is 5.15. The molecule has 2 heterocycles. The van der Waals surface area contributed by atoms with Crippen LogP contribution in [-0.2, 0) is 9.59 Å². The van der Waals surface area contributed by atoms with Gasteiger partial charge in [0, 0.05) is 23.9 Å². The molecular weight excluding hydrogens is 402 g/mol. The fourth-order valence-corrected chi connectivity index (χ4v) is 4.43. The summed E-state index contributed by atoms with van der Waals surface area (Å²) in [5.41, 5.74) is 1.66. The number of thioether (sulfide) groups is 1. The van der Waals surface area contributed by atoms with Crippen molar-refractivity contribution in [3.05, 3.63) is 45.8 Å². The Kier molecular flexibility index (Phi) is 6.25. The molecule has 0 bridgehead atoms. The normalized spacial score (nSPS) is 15.5. The Labute approximate surface area is 170 Å². The zero-order chi connectivity index (χ0) is 19.4. The summed E-state index contributed by atoms with van der Waals surface area (Å²) < 4.78 is 5.76. The molecule has 0 aliphatic carbocycles. The fraction of sp³-hybridized carbons (Fsp3) is 0.222. The molecule has 0 atom stereocenters. The number of amides is 2. The topological polar surface area (TPSA) is 71.5 Å². The maximum atomic E-state index is 12.7. The number of thiazole rings is 1. The van der Waals surface area contributed by atoms with E-state index in [2.05, 4.69) is 10.3 Å². The molecule has 3 rings (SSSR count). The van der Waals surface area contributed by atoms with E-state index in [1.54, 1.807) is 13.2 Å². The summed E-state index contributed by atoms with van der Waals surface area (Å²) in [6, 6.07) is 7.44. The van der Waals surface area contributed by atoms with Crippen LogP contribution in [-0.4, -0.2) is 39.7 Å². The lowest BCUT2D eigenvalue weighted by atomic mass is 10.2. The van der Waals surface area contributed by atoms with Gasteiger partial charge in [-0.3, -0.25) is 14.5 Å². The van der Waals surface area contributed by atoms with E-state index in [9.17, 15) is 9.59 Å². The van der Waals surface area contributed by atoms with Gasteiger partial charge < -0.3 is 10.1 Å². The van der Waals surface area contributed by atoms with Crippen molar-refractivity contribution in [3.8, 4) is 5.75 Å². The second-order valence-electron chi connectivity index (χ2n) is 5.67. The van der Waals surface area contributed by atoms with Crippen LogP contribution in [0, 0.1) is 6.92 Å². The Balaban J connectivity index is 1.64. The minimum absolute atomic E-state index is 0.146. The van der Waals surface area contributed by atoms with Crippen LogP contribution in [0.4, 0.5) is 5.13 Å².